The van der Waals surface area contributed by atoms with Crippen LogP contribution in [0.4, 0.5) is 0 Å². The molecule has 0 saturated heterocycles. The molecule has 5 N–H and O–H groups in total. The van der Waals surface area contributed by atoms with Crippen LogP contribution in [0.1, 0.15) is 26.7 Å². The number of ether oxygens (including phenoxy) is 2. The van der Waals surface area contributed by atoms with Crippen molar-refractivity contribution >= 4 is 17.4 Å². The number of allylic oxidation sites excluding steroid dienone is 2. The van der Waals surface area contributed by atoms with E-state index in [0.717, 1.165) is 18.9 Å². The summed E-state index contributed by atoms with van der Waals surface area (Å²) in [6.45, 7) is 2.15. The number of aliphatic hydroxyl groups is 3. The van der Waals surface area contributed by atoms with Crippen molar-refractivity contribution in [2.45, 2.75) is 38.9 Å². The lowest BCUT2D eigenvalue weighted by Gasteiger charge is -2.27. The summed E-state index contributed by atoms with van der Waals surface area (Å²) in [5, 5.41) is 38.6. The smallest absolute Gasteiger partial charge is 0.221 e. The van der Waals surface area contributed by atoms with Gasteiger partial charge in [0, 0.05) is 25.2 Å². The fourth-order valence-electron chi connectivity index (χ4n) is 2.23. The van der Waals surface area contributed by atoms with E-state index in [4.69, 9.17) is 20.0 Å². The van der Waals surface area contributed by atoms with Crippen molar-refractivity contribution in [1.29, 1.82) is 5.41 Å². The largest absolute Gasteiger partial charge is 0.488 e. The summed E-state index contributed by atoms with van der Waals surface area (Å²) in [6, 6.07) is 0. The van der Waals surface area contributed by atoms with Gasteiger partial charge in [-0.05, 0) is 6.42 Å². The molecule has 0 aromatic heterocycles. The third kappa shape index (κ3) is 6.03. The van der Waals surface area contributed by atoms with E-state index in [9.17, 15) is 19.8 Å². The maximum atomic E-state index is 12.4. The molecule has 0 aromatic carbocycles. The lowest BCUT2D eigenvalue weighted by atomic mass is 9.93. The van der Waals surface area contributed by atoms with Crippen LogP contribution >= 0.6 is 0 Å². The van der Waals surface area contributed by atoms with E-state index in [0.29, 0.717) is 6.61 Å². The molecule has 2 atom stereocenters. The van der Waals surface area contributed by atoms with Gasteiger partial charge >= 0.3 is 0 Å². The molecule has 0 radical (unpaired) electrons. The van der Waals surface area contributed by atoms with E-state index in [-0.39, 0.29) is 29.3 Å². The van der Waals surface area contributed by atoms with Crippen molar-refractivity contribution in [2.24, 2.45) is 0 Å². The average molecular weight is 370 g/mol. The molecular formula is C17H26N2O7. The second-order valence-corrected chi connectivity index (χ2v) is 5.76. The van der Waals surface area contributed by atoms with Crippen LogP contribution in [0.15, 0.2) is 23.1 Å². The van der Waals surface area contributed by atoms with E-state index < -0.39 is 37.1 Å². The van der Waals surface area contributed by atoms with Crippen molar-refractivity contribution in [2.75, 3.05) is 26.4 Å². The number of amides is 1. The minimum Gasteiger partial charge on any atom is -0.488 e. The summed E-state index contributed by atoms with van der Waals surface area (Å²) in [5.74, 6) is -1.25. The summed E-state index contributed by atoms with van der Waals surface area (Å²) in [4.78, 5) is 23.8. The molecule has 2 unspecified atom stereocenters. The Labute approximate surface area is 151 Å². The highest BCUT2D eigenvalue weighted by atomic mass is 16.5. The standard InChI is InChI=1S/C17H26N2O7/c1-3-4-5-25-14(8-21)15-16(18)13(26-9-11(23)7-20)6-12(24)17(15)19-10(2)22/h6,11,14,18,20-21,23H,3-5,7-9H2,1-2H3,(H,19,22). The van der Waals surface area contributed by atoms with Gasteiger partial charge in [-0.1, -0.05) is 13.3 Å². The zero-order valence-corrected chi connectivity index (χ0v) is 14.9. The molecule has 9 heteroatoms. The van der Waals surface area contributed by atoms with Crippen molar-refractivity contribution in [3.8, 4) is 0 Å². The highest BCUT2D eigenvalue weighted by Gasteiger charge is 2.33. The van der Waals surface area contributed by atoms with E-state index in [1.807, 2.05) is 6.92 Å². The van der Waals surface area contributed by atoms with Gasteiger partial charge in [0.1, 0.15) is 30.3 Å². The Kier molecular flexibility index (Phi) is 9.14. The number of hydrogen-bond acceptors (Lipinski definition) is 8. The quantitative estimate of drug-likeness (QED) is 0.241. The van der Waals surface area contributed by atoms with Gasteiger partial charge < -0.3 is 30.1 Å². The minimum absolute atomic E-state index is 0.0137. The number of ketones is 1. The van der Waals surface area contributed by atoms with E-state index in [2.05, 4.69) is 5.32 Å². The highest BCUT2D eigenvalue weighted by molar-refractivity contribution is 6.24. The SMILES string of the molecule is CCCCOC(CO)C1=C(NC(C)=O)C(=O)C=C(OCC(O)CO)C1=N. The first-order valence-electron chi connectivity index (χ1n) is 8.36. The molecule has 0 fully saturated rings. The molecule has 9 nitrogen and oxygen atoms in total. The molecule has 26 heavy (non-hydrogen) atoms. The first kappa shape index (κ1) is 22.0. The predicted molar refractivity (Wildman–Crippen MR) is 92.4 cm³/mol. The monoisotopic (exact) mass is 370 g/mol. The molecule has 1 amide bonds. The Balaban J connectivity index is 3.14. The van der Waals surface area contributed by atoms with E-state index >= 15 is 0 Å². The number of hydrogen-bond donors (Lipinski definition) is 5. The number of rotatable bonds is 11. The fraction of sp³-hybridized carbons (Fsp3) is 0.588. The van der Waals surface area contributed by atoms with Gasteiger partial charge in [-0.25, -0.2) is 0 Å². The van der Waals surface area contributed by atoms with E-state index in [1.54, 1.807) is 0 Å². The third-order valence-electron chi connectivity index (χ3n) is 3.54. The Bertz CT molecular complexity index is 598. The number of carbonyl (C=O) groups is 2. The normalized spacial score (nSPS) is 17.0. The van der Waals surface area contributed by atoms with Gasteiger partial charge in [-0.15, -0.1) is 0 Å². The summed E-state index contributed by atoms with van der Waals surface area (Å²) < 4.78 is 10.8. The second kappa shape index (κ2) is 10.8. The van der Waals surface area contributed by atoms with Gasteiger partial charge in [0.05, 0.1) is 18.9 Å². The lowest BCUT2D eigenvalue weighted by molar-refractivity contribution is -0.120. The van der Waals surface area contributed by atoms with Crippen LogP contribution in [-0.2, 0) is 19.1 Å². The van der Waals surface area contributed by atoms with Crippen LogP contribution < -0.4 is 5.32 Å². The molecule has 0 aromatic rings. The van der Waals surface area contributed by atoms with Crippen molar-refractivity contribution in [3.63, 3.8) is 0 Å². The predicted octanol–water partition coefficient (Wildman–Crippen LogP) is -0.590. The van der Waals surface area contributed by atoms with Gasteiger partial charge in [0.15, 0.2) is 0 Å². The Morgan fingerprint density at radius 1 is 1.35 bits per heavy atom. The molecule has 146 valence electrons. The molecule has 0 heterocycles. The first-order valence-corrected chi connectivity index (χ1v) is 8.36. The topological polar surface area (TPSA) is 149 Å². The zero-order chi connectivity index (χ0) is 19.7. The van der Waals surface area contributed by atoms with Crippen LogP contribution in [0.3, 0.4) is 0 Å². The number of aliphatic hydroxyl groups excluding tert-OH is 3. The molecule has 0 aliphatic heterocycles. The Hall–Kier alpha value is -2.07. The van der Waals surface area contributed by atoms with Gasteiger partial charge in [0.2, 0.25) is 11.7 Å². The van der Waals surface area contributed by atoms with Gasteiger partial charge in [-0.2, -0.15) is 0 Å². The Morgan fingerprint density at radius 3 is 2.58 bits per heavy atom. The summed E-state index contributed by atoms with van der Waals surface area (Å²) >= 11 is 0. The van der Waals surface area contributed by atoms with E-state index in [1.165, 1.54) is 6.92 Å². The molecule has 1 aliphatic rings. The third-order valence-corrected chi connectivity index (χ3v) is 3.54. The van der Waals surface area contributed by atoms with Crippen molar-refractivity contribution in [1.82, 2.24) is 5.32 Å². The van der Waals surface area contributed by atoms with Crippen LogP contribution in [0.25, 0.3) is 0 Å². The molecule has 0 bridgehead atoms. The first-order chi connectivity index (χ1) is 12.3. The maximum Gasteiger partial charge on any atom is 0.221 e. The van der Waals surface area contributed by atoms with Crippen molar-refractivity contribution in [3.05, 3.63) is 23.1 Å². The summed E-state index contributed by atoms with van der Waals surface area (Å²) in [5.41, 5.74) is -0.373. The molecule has 1 aliphatic carbocycles. The van der Waals surface area contributed by atoms with Crippen LogP contribution in [0.5, 0.6) is 0 Å². The zero-order valence-electron chi connectivity index (χ0n) is 14.9. The highest BCUT2D eigenvalue weighted by Crippen LogP contribution is 2.24. The Morgan fingerprint density at radius 2 is 2.04 bits per heavy atom. The second-order valence-electron chi connectivity index (χ2n) is 5.76. The summed E-state index contributed by atoms with van der Waals surface area (Å²) in [7, 11) is 0. The average Bonchev–Trinajstić information content (AvgIpc) is 2.61. The van der Waals surface area contributed by atoms with Gasteiger partial charge in [0.25, 0.3) is 0 Å². The van der Waals surface area contributed by atoms with Gasteiger partial charge in [-0.3, -0.25) is 15.0 Å². The molecule has 0 spiro atoms. The molecular weight excluding hydrogens is 344 g/mol. The lowest BCUT2D eigenvalue weighted by Crippen LogP contribution is -2.38. The molecule has 0 saturated carbocycles. The molecule has 1 rings (SSSR count). The maximum absolute atomic E-state index is 12.4. The summed E-state index contributed by atoms with van der Waals surface area (Å²) in [6.07, 6.45) is 0.441. The minimum atomic E-state index is -1.17. The van der Waals surface area contributed by atoms with Crippen molar-refractivity contribution < 1.29 is 34.4 Å². The number of carbonyl (C=O) groups excluding carboxylic acids is 2. The van der Waals surface area contributed by atoms with Crippen LogP contribution in [0.2, 0.25) is 0 Å². The number of nitrogens with one attached hydrogen (secondary N) is 2. The number of unbranched alkanes of at least 4 members (excludes halogenated alkanes) is 1. The van der Waals surface area contributed by atoms with Crippen LogP contribution in [0, 0.1) is 5.41 Å². The van der Waals surface area contributed by atoms with Crippen LogP contribution in [-0.4, -0.2) is 71.4 Å². The fourth-order valence-corrected chi connectivity index (χ4v) is 2.23.